The second kappa shape index (κ2) is 6.85. The first kappa shape index (κ1) is 17.2. The monoisotopic (exact) mass is 380 g/mol. The number of rotatable bonds is 3. The van der Waals surface area contributed by atoms with Crippen molar-refractivity contribution in [3.8, 4) is 11.5 Å². The Morgan fingerprint density at radius 3 is 2.56 bits per heavy atom. The standard InChI is InChI=1S/C21H17ClN2O3/c1-27-19-12-15(25)10-11-17(19)20-23-18-5-3-2-4-16(18)21(26)24(20)14-8-6-13(22)7-9-14/h2-12,20,23,25H,1H3/t20-/m1/s1. The maximum absolute atomic E-state index is 13.3. The van der Waals surface area contributed by atoms with Gasteiger partial charge in [-0.1, -0.05) is 23.7 Å². The number of fused-ring (bicyclic) bond motifs is 1. The summed E-state index contributed by atoms with van der Waals surface area (Å²) >= 11 is 6.02. The van der Waals surface area contributed by atoms with Crippen molar-refractivity contribution >= 4 is 28.9 Å². The third-order valence-electron chi connectivity index (χ3n) is 4.54. The number of para-hydroxylation sites is 1. The van der Waals surface area contributed by atoms with Crippen molar-refractivity contribution in [2.45, 2.75) is 6.17 Å². The number of amides is 1. The summed E-state index contributed by atoms with van der Waals surface area (Å²) in [5, 5.41) is 13.8. The first-order valence-corrected chi connectivity index (χ1v) is 8.78. The number of nitrogens with one attached hydrogen (secondary N) is 1. The molecule has 1 aliphatic heterocycles. The Kier molecular flexibility index (Phi) is 4.38. The molecule has 3 aromatic carbocycles. The van der Waals surface area contributed by atoms with Gasteiger partial charge in [0.2, 0.25) is 0 Å². The quantitative estimate of drug-likeness (QED) is 0.683. The molecule has 1 amide bonds. The Hall–Kier alpha value is -3.18. The fraction of sp³-hybridized carbons (Fsp3) is 0.0952. The summed E-state index contributed by atoms with van der Waals surface area (Å²) < 4.78 is 5.45. The molecule has 0 radical (unpaired) electrons. The molecule has 4 rings (SSSR count). The van der Waals surface area contributed by atoms with Gasteiger partial charge in [0.15, 0.2) is 0 Å². The normalized spacial score (nSPS) is 15.9. The lowest BCUT2D eigenvalue weighted by Crippen LogP contribution is -2.43. The molecule has 0 aliphatic carbocycles. The van der Waals surface area contributed by atoms with Crippen LogP contribution in [0.1, 0.15) is 22.1 Å². The highest BCUT2D eigenvalue weighted by molar-refractivity contribution is 6.30. The molecule has 0 fully saturated rings. The Balaban J connectivity index is 1.89. The smallest absolute Gasteiger partial charge is 0.262 e. The number of phenolic OH excluding ortho intramolecular Hbond substituents is 1. The highest BCUT2D eigenvalue weighted by Crippen LogP contribution is 2.40. The molecular weight excluding hydrogens is 364 g/mol. The van der Waals surface area contributed by atoms with Gasteiger partial charge in [0.05, 0.1) is 12.7 Å². The molecular formula is C21H17ClN2O3. The lowest BCUT2D eigenvalue weighted by Gasteiger charge is -2.38. The van der Waals surface area contributed by atoms with Crippen LogP contribution in [0, 0.1) is 0 Å². The molecule has 2 N–H and O–H groups in total. The Morgan fingerprint density at radius 1 is 1.07 bits per heavy atom. The Bertz CT molecular complexity index is 1000. The number of ether oxygens (including phenoxy) is 1. The fourth-order valence-corrected chi connectivity index (χ4v) is 3.39. The number of halogens is 1. The third-order valence-corrected chi connectivity index (χ3v) is 4.80. The average Bonchev–Trinajstić information content (AvgIpc) is 2.69. The van der Waals surface area contributed by atoms with E-state index in [0.717, 1.165) is 11.3 Å². The van der Waals surface area contributed by atoms with E-state index in [1.165, 1.54) is 13.2 Å². The van der Waals surface area contributed by atoms with Crippen LogP contribution in [0.4, 0.5) is 11.4 Å². The van der Waals surface area contributed by atoms with Gasteiger partial charge in [-0.25, -0.2) is 0 Å². The van der Waals surface area contributed by atoms with E-state index < -0.39 is 6.17 Å². The largest absolute Gasteiger partial charge is 0.508 e. The van der Waals surface area contributed by atoms with Crippen molar-refractivity contribution in [1.82, 2.24) is 0 Å². The van der Waals surface area contributed by atoms with Crippen molar-refractivity contribution in [2.24, 2.45) is 0 Å². The highest BCUT2D eigenvalue weighted by atomic mass is 35.5. The number of anilines is 2. The summed E-state index contributed by atoms with van der Waals surface area (Å²) in [4.78, 5) is 15.0. The first-order valence-electron chi connectivity index (χ1n) is 8.40. The van der Waals surface area contributed by atoms with E-state index >= 15 is 0 Å². The molecule has 0 bridgehead atoms. The van der Waals surface area contributed by atoms with Gasteiger partial charge in [0.1, 0.15) is 17.7 Å². The number of methoxy groups -OCH3 is 1. The summed E-state index contributed by atoms with van der Waals surface area (Å²) in [6.07, 6.45) is -0.510. The number of nitrogens with zero attached hydrogens (tertiary/aromatic N) is 1. The highest BCUT2D eigenvalue weighted by Gasteiger charge is 2.35. The van der Waals surface area contributed by atoms with Crippen LogP contribution in [0.15, 0.2) is 66.7 Å². The summed E-state index contributed by atoms with van der Waals surface area (Å²) in [5.74, 6) is 0.446. The van der Waals surface area contributed by atoms with Gasteiger partial charge in [0.25, 0.3) is 5.91 Å². The molecule has 0 saturated carbocycles. The van der Waals surface area contributed by atoms with Gasteiger partial charge in [-0.2, -0.15) is 0 Å². The molecule has 0 saturated heterocycles. The van der Waals surface area contributed by atoms with Crippen molar-refractivity contribution in [3.05, 3.63) is 82.9 Å². The van der Waals surface area contributed by atoms with Crippen LogP contribution < -0.4 is 15.0 Å². The number of hydrogen-bond donors (Lipinski definition) is 2. The molecule has 1 atom stereocenters. The lowest BCUT2D eigenvalue weighted by molar-refractivity contribution is 0.0974. The number of carbonyl (C=O) groups excluding carboxylic acids is 1. The zero-order valence-electron chi connectivity index (χ0n) is 14.5. The summed E-state index contributed by atoms with van der Waals surface area (Å²) in [6, 6.07) is 19.3. The van der Waals surface area contributed by atoms with Gasteiger partial charge < -0.3 is 15.2 Å². The third kappa shape index (κ3) is 3.06. The molecule has 1 aliphatic rings. The topological polar surface area (TPSA) is 61.8 Å². The van der Waals surface area contributed by atoms with Crippen molar-refractivity contribution < 1.29 is 14.6 Å². The van der Waals surface area contributed by atoms with Crippen LogP contribution in [-0.4, -0.2) is 18.1 Å². The maximum Gasteiger partial charge on any atom is 0.262 e. The van der Waals surface area contributed by atoms with E-state index in [-0.39, 0.29) is 11.7 Å². The minimum absolute atomic E-state index is 0.0937. The van der Waals surface area contributed by atoms with Gasteiger partial charge in [0, 0.05) is 28.0 Å². The van der Waals surface area contributed by atoms with Crippen LogP contribution in [0.5, 0.6) is 11.5 Å². The summed E-state index contributed by atoms with van der Waals surface area (Å²) in [5.41, 5.74) is 2.76. The summed E-state index contributed by atoms with van der Waals surface area (Å²) in [7, 11) is 1.53. The maximum atomic E-state index is 13.3. The SMILES string of the molecule is COc1cc(O)ccc1[C@@H]1Nc2ccccc2C(=O)N1c1ccc(Cl)cc1. The van der Waals surface area contributed by atoms with E-state index in [2.05, 4.69) is 5.32 Å². The number of benzene rings is 3. The second-order valence-corrected chi connectivity index (χ2v) is 6.61. The van der Waals surface area contributed by atoms with Crippen LogP contribution in [0.3, 0.4) is 0 Å². The van der Waals surface area contributed by atoms with E-state index in [1.54, 1.807) is 47.4 Å². The van der Waals surface area contributed by atoms with Gasteiger partial charge in [-0.15, -0.1) is 0 Å². The lowest BCUT2D eigenvalue weighted by atomic mass is 10.0. The summed E-state index contributed by atoms with van der Waals surface area (Å²) in [6.45, 7) is 0. The van der Waals surface area contributed by atoms with Crippen molar-refractivity contribution in [2.75, 3.05) is 17.3 Å². The fourth-order valence-electron chi connectivity index (χ4n) is 3.26. The van der Waals surface area contributed by atoms with E-state index in [9.17, 15) is 9.90 Å². The number of aromatic hydroxyl groups is 1. The first-order chi connectivity index (χ1) is 13.1. The number of hydrogen-bond acceptors (Lipinski definition) is 4. The minimum Gasteiger partial charge on any atom is -0.508 e. The Labute approximate surface area is 161 Å². The zero-order chi connectivity index (χ0) is 19.0. The van der Waals surface area contributed by atoms with Crippen LogP contribution in [0.2, 0.25) is 5.02 Å². The number of carbonyl (C=O) groups is 1. The van der Waals surface area contributed by atoms with Gasteiger partial charge in [-0.05, 0) is 48.5 Å². The predicted molar refractivity (Wildman–Crippen MR) is 106 cm³/mol. The van der Waals surface area contributed by atoms with Crippen molar-refractivity contribution in [1.29, 1.82) is 0 Å². The molecule has 1 heterocycles. The van der Waals surface area contributed by atoms with Gasteiger partial charge in [-0.3, -0.25) is 9.69 Å². The molecule has 136 valence electrons. The molecule has 0 aromatic heterocycles. The molecule has 27 heavy (non-hydrogen) atoms. The number of phenols is 1. The Morgan fingerprint density at radius 2 is 1.81 bits per heavy atom. The zero-order valence-corrected chi connectivity index (χ0v) is 15.3. The van der Waals surface area contributed by atoms with E-state index in [1.807, 2.05) is 18.2 Å². The van der Waals surface area contributed by atoms with Crippen LogP contribution in [0.25, 0.3) is 0 Å². The molecule has 0 spiro atoms. The van der Waals surface area contributed by atoms with Crippen molar-refractivity contribution in [3.63, 3.8) is 0 Å². The molecule has 6 heteroatoms. The second-order valence-electron chi connectivity index (χ2n) is 6.17. The van der Waals surface area contributed by atoms with Crippen LogP contribution in [-0.2, 0) is 0 Å². The van der Waals surface area contributed by atoms with E-state index in [4.69, 9.17) is 16.3 Å². The average molecular weight is 381 g/mol. The molecule has 0 unspecified atom stereocenters. The van der Waals surface area contributed by atoms with Crippen LogP contribution >= 0.6 is 11.6 Å². The molecule has 3 aromatic rings. The molecule has 5 nitrogen and oxygen atoms in total. The van der Waals surface area contributed by atoms with E-state index in [0.29, 0.717) is 22.0 Å². The predicted octanol–water partition coefficient (Wildman–Crippen LogP) is 4.83. The minimum atomic E-state index is -0.510. The van der Waals surface area contributed by atoms with Gasteiger partial charge >= 0.3 is 0 Å².